The van der Waals surface area contributed by atoms with E-state index in [-0.39, 0.29) is 24.8 Å². The van der Waals surface area contributed by atoms with Crippen molar-refractivity contribution in [3.05, 3.63) is 52.8 Å². The van der Waals surface area contributed by atoms with Gasteiger partial charge in [0.25, 0.3) is 5.91 Å². The molecule has 0 saturated heterocycles. The predicted molar refractivity (Wildman–Crippen MR) is 116 cm³/mol. The van der Waals surface area contributed by atoms with Crippen LogP contribution in [0, 0.1) is 0 Å². The van der Waals surface area contributed by atoms with Crippen LogP contribution in [0.25, 0.3) is 10.2 Å². The molecule has 1 amide bonds. The van der Waals surface area contributed by atoms with Gasteiger partial charge in [0.05, 0.1) is 23.7 Å². The Labute approximate surface area is 175 Å². The van der Waals surface area contributed by atoms with E-state index in [0.717, 1.165) is 25.6 Å². The molecule has 0 spiro atoms. The molecule has 0 atom stereocenters. The van der Waals surface area contributed by atoms with Gasteiger partial charge in [0.15, 0.2) is 4.80 Å². The molecule has 3 aromatic rings. The zero-order chi connectivity index (χ0) is 20.1. The molecule has 8 heteroatoms. The molecule has 0 unspecified atom stereocenters. The Balaban J connectivity index is 1.97. The molecular weight excluding hydrogens is 412 g/mol. The van der Waals surface area contributed by atoms with Gasteiger partial charge in [-0.05, 0) is 48.4 Å². The molecule has 28 heavy (non-hydrogen) atoms. The van der Waals surface area contributed by atoms with Gasteiger partial charge in [-0.3, -0.25) is 9.59 Å². The zero-order valence-electron chi connectivity index (χ0n) is 15.8. The molecule has 0 bridgehead atoms. The number of rotatable bonds is 6. The second kappa shape index (κ2) is 9.45. The molecule has 0 aliphatic rings. The van der Waals surface area contributed by atoms with E-state index >= 15 is 0 Å². The van der Waals surface area contributed by atoms with Crippen LogP contribution in [0.3, 0.4) is 0 Å². The van der Waals surface area contributed by atoms with Crippen LogP contribution >= 0.6 is 34.9 Å². The molecule has 0 aliphatic heterocycles. The summed E-state index contributed by atoms with van der Waals surface area (Å²) in [5.41, 5.74) is 1.78. The highest BCUT2D eigenvalue weighted by atomic mass is 32.2. The number of hydrogen-bond acceptors (Lipinski definition) is 6. The summed E-state index contributed by atoms with van der Waals surface area (Å²) in [5, 5.41) is 0. The first-order chi connectivity index (χ1) is 13.5. The quantitative estimate of drug-likeness (QED) is 0.435. The Morgan fingerprint density at radius 2 is 1.75 bits per heavy atom. The lowest BCUT2D eigenvalue weighted by molar-refractivity contribution is -0.141. The van der Waals surface area contributed by atoms with Gasteiger partial charge in [0, 0.05) is 9.79 Å². The fourth-order valence-electron chi connectivity index (χ4n) is 2.68. The van der Waals surface area contributed by atoms with Crippen LogP contribution < -0.4 is 4.80 Å². The lowest BCUT2D eigenvalue weighted by Crippen LogP contribution is -2.22. The molecule has 0 N–H and O–H groups in total. The van der Waals surface area contributed by atoms with Crippen LogP contribution in [0.5, 0.6) is 0 Å². The fraction of sp³-hybridized carbons (Fsp3) is 0.250. The Bertz CT molecular complexity index is 1070. The van der Waals surface area contributed by atoms with Crippen molar-refractivity contribution in [2.45, 2.75) is 22.8 Å². The number of thioether (sulfide) groups is 2. The number of benzene rings is 2. The summed E-state index contributed by atoms with van der Waals surface area (Å²) < 4.78 is 7.53. The van der Waals surface area contributed by atoms with Crippen LogP contribution in [-0.4, -0.2) is 36.1 Å². The first-order valence-corrected chi connectivity index (χ1v) is 11.8. The standard InChI is InChI=1S/C20H20N2O3S3/c1-25-19(24)12-22-16-9-8-15(27-3)11-17(16)28-20(22)21-18(23)10-13-4-6-14(26-2)7-5-13/h4-9,11H,10,12H2,1-3H3. The number of thiazole rings is 1. The van der Waals surface area contributed by atoms with Crippen molar-refractivity contribution >= 4 is 57.0 Å². The summed E-state index contributed by atoms with van der Waals surface area (Å²) in [6.07, 6.45) is 4.24. The van der Waals surface area contributed by atoms with Gasteiger partial charge < -0.3 is 9.30 Å². The van der Waals surface area contributed by atoms with E-state index in [0.29, 0.717) is 4.80 Å². The topological polar surface area (TPSA) is 60.7 Å². The molecule has 146 valence electrons. The van der Waals surface area contributed by atoms with Gasteiger partial charge in [-0.1, -0.05) is 23.5 Å². The fourth-order valence-corrected chi connectivity index (χ4v) is 4.69. The van der Waals surface area contributed by atoms with Crippen molar-refractivity contribution in [2.75, 3.05) is 19.6 Å². The maximum Gasteiger partial charge on any atom is 0.325 e. The molecule has 0 saturated carbocycles. The highest BCUT2D eigenvalue weighted by molar-refractivity contribution is 7.98. The van der Waals surface area contributed by atoms with Crippen molar-refractivity contribution in [1.29, 1.82) is 0 Å². The first kappa shape index (κ1) is 20.7. The highest BCUT2D eigenvalue weighted by Gasteiger charge is 2.12. The van der Waals surface area contributed by atoms with E-state index in [1.807, 2.05) is 55.0 Å². The summed E-state index contributed by atoms with van der Waals surface area (Å²) in [4.78, 5) is 31.5. The summed E-state index contributed by atoms with van der Waals surface area (Å²) in [7, 11) is 1.35. The third-order valence-corrected chi connectivity index (χ3v) is 6.65. The van der Waals surface area contributed by atoms with Crippen molar-refractivity contribution in [1.82, 2.24) is 4.57 Å². The van der Waals surface area contributed by atoms with Gasteiger partial charge in [-0.25, -0.2) is 0 Å². The van der Waals surface area contributed by atoms with Crippen LogP contribution in [0.2, 0.25) is 0 Å². The Kier molecular flexibility index (Phi) is 6.98. The predicted octanol–water partition coefficient (Wildman–Crippen LogP) is 3.99. The summed E-state index contributed by atoms with van der Waals surface area (Å²) in [6, 6.07) is 13.9. The summed E-state index contributed by atoms with van der Waals surface area (Å²) in [5.74, 6) is -0.623. The van der Waals surface area contributed by atoms with Crippen LogP contribution in [-0.2, 0) is 27.3 Å². The number of hydrogen-bond donors (Lipinski definition) is 0. The van der Waals surface area contributed by atoms with Gasteiger partial charge in [0.1, 0.15) is 6.54 Å². The number of methoxy groups -OCH3 is 1. The number of nitrogens with zero attached hydrogens (tertiary/aromatic N) is 2. The Hall–Kier alpha value is -2.03. The molecule has 0 aliphatic carbocycles. The largest absolute Gasteiger partial charge is 0.468 e. The number of esters is 1. The smallest absolute Gasteiger partial charge is 0.325 e. The molecule has 1 heterocycles. The molecule has 2 aromatic carbocycles. The molecule has 1 aromatic heterocycles. The maximum atomic E-state index is 12.5. The summed E-state index contributed by atoms with van der Waals surface area (Å²) >= 11 is 4.70. The number of amides is 1. The van der Waals surface area contributed by atoms with E-state index in [1.54, 1.807) is 28.1 Å². The minimum Gasteiger partial charge on any atom is -0.468 e. The zero-order valence-corrected chi connectivity index (χ0v) is 18.2. The lowest BCUT2D eigenvalue weighted by atomic mass is 10.1. The van der Waals surface area contributed by atoms with E-state index in [1.165, 1.54) is 18.4 Å². The van der Waals surface area contributed by atoms with Crippen molar-refractivity contribution in [3.63, 3.8) is 0 Å². The van der Waals surface area contributed by atoms with Crippen LogP contribution in [0.1, 0.15) is 5.56 Å². The lowest BCUT2D eigenvalue weighted by Gasteiger charge is -2.04. The van der Waals surface area contributed by atoms with E-state index < -0.39 is 0 Å². The number of fused-ring (bicyclic) bond motifs is 1. The minimum atomic E-state index is -0.379. The highest BCUT2D eigenvalue weighted by Crippen LogP contribution is 2.24. The molecule has 3 rings (SSSR count). The number of ether oxygens (including phenoxy) is 1. The SMILES string of the molecule is COC(=O)Cn1c(=NC(=O)Cc2ccc(SC)cc2)sc2cc(SC)ccc21. The third-order valence-electron chi connectivity index (χ3n) is 4.14. The summed E-state index contributed by atoms with van der Waals surface area (Å²) in [6.45, 7) is 0.0175. The first-order valence-electron chi connectivity index (χ1n) is 8.48. The van der Waals surface area contributed by atoms with Crippen molar-refractivity contribution in [2.24, 2.45) is 4.99 Å². The maximum absolute atomic E-state index is 12.5. The number of aromatic nitrogens is 1. The molecule has 5 nitrogen and oxygen atoms in total. The Morgan fingerprint density at radius 1 is 1.07 bits per heavy atom. The van der Waals surface area contributed by atoms with Gasteiger partial charge in [-0.15, -0.1) is 23.5 Å². The van der Waals surface area contributed by atoms with E-state index in [4.69, 9.17) is 4.74 Å². The van der Waals surface area contributed by atoms with E-state index in [9.17, 15) is 9.59 Å². The number of carbonyl (C=O) groups excluding carboxylic acids is 2. The second-order valence-electron chi connectivity index (χ2n) is 5.91. The van der Waals surface area contributed by atoms with Gasteiger partial charge in [-0.2, -0.15) is 4.99 Å². The molecular formula is C20H20N2O3S3. The van der Waals surface area contributed by atoms with Gasteiger partial charge in [0.2, 0.25) is 0 Å². The molecule has 0 radical (unpaired) electrons. The van der Waals surface area contributed by atoms with Crippen molar-refractivity contribution in [3.8, 4) is 0 Å². The van der Waals surface area contributed by atoms with Crippen LogP contribution in [0.4, 0.5) is 0 Å². The van der Waals surface area contributed by atoms with Gasteiger partial charge >= 0.3 is 5.97 Å². The van der Waals surface area contributed by atoms with Crippen molar-refractivity contribution < 1.29 is 14.3 Å². The second-order valence-corrected chi connectivity index (χ2v) is 8.68. The van der Waals surface area contributed by atoms with Crippen LogP contribution in [0.15, 0.2) is 57.2 Å². The minimum absolute atomic E-state index is 0.0175. The molecule has 0 fully saturated rings. The monoisotopic (exact) mass is 432 g/mol. The normalized spacial score (nSPS) is 11.8. The average molecular weight is 433 g/mol. The average Bonchev–Trinajstić information content (AvgIpc) is 3.04. The number of carbonyl (C=O) groups is 2. The third kappa shape index (κ3) is 4.87. The Morgan fingerprint density at radius 3 is 2.39 bits per heavy atom. The van der Waals surface area contributed by atoms with E-state index in [2.05, 4.69) is 4.99 Å².